The first kappa shape index (κ1) is 63.8. The van der Waals surface area contributed by atoms with Crippen molar-refractivity contribution in [3.05, 3.63) is 41.7 Å². The molecule has 0 aliphatic heterocycles. The molecule has 0 aliphatic rings. The number of esters is 2. The van der Waals surface area contributed by atoms with Gasteiger partial charge in [-0.15, -0.1) is 0 Å². The average Bonchev–Trinajstić information content (AvgIpc) is 3.38. The lowest BCUT2D eigenvalue weighted by atomic mass is 10.1. The van der Waals surface area contributed by atoms with Crippen molar-refractivity contribution in [2.24, 2.45) is 0 Å². The van der Waals surface area contributed by atoms with E-state index in [9.17, 15) is 38.5 Å². The fourth-order valence-electron chi connectivity index (χ4n) is 8.18. The molecule has 3 rings (SSSR count). The monoisotopic (exact) mass is 1070 g/mol. The first-order valence-electron chi connectivity index (χ1n) is 27.2. The van der Waals surface area contributed by atoms with E-state index in [-0.39, 0.29) is 61.8 Å². The Balaban J connectivity index is 1.39. The Morgan fingerprint density at radius 2 is 1.25 bits per heavy atom. The highest BCUT2D eigenvalue weighted by Crippen LogP contribution is 2.43. The minimum absolute atomic E-state index is 0.0110. The van der Waals surface area contributed by atoms with Crippen molar-refractivity contribution in [1.29, 1.82) is 0 Å². The molecule has 0 aliphatic carbocycles. The van der Waals surface area contributed by atoms with Crippen molar-refractivity contribution in [3.63, 3.8) is 0 Å². The number of carbonyl (C=O) groups is 5. The fourth-order valence-corrected chi connectivity index (χ4v) is 8.93. The van der Waals surface area contributed by atoms with Gasteiger partial charge in [-0.2, -0.15) is 9.97 Å². The number of benzene rings is 1. The van der Waals surface area contributed by atoms with Crippen molar-refractivity contribution >= 4 is 66.2 Å². The molecule has 3 aromatic rings. The molecule has 0 radical (unpaired) electrons. The Morgan fingerprint density at radius 1 is 0.707 bits per heavy atom. The van der Waals surface area contributed by atoms with Gasteiger partial charge in [-0.3, -0.25) is 28.2 Å². The van der Waals surface area contributed by atoms with Gasteiger partial charge >= 0.3 is 25.7 Å². The van der Waals surface area contributed by atoms with Gasteiger partial charge in [0.15, 0.2) is 23.1 Å². The minimum atomic E-state index is -4.74. The maximum Gasteiger partial charge on any atom is 0.472 e. The van der Waals surface area contributed by atoms with Crippen LogP contribution in [0.4, 0.5) is 17.5 Å². The summed E-state index contributed by atoms with van der Waals surface area (Å²) in [6.45, 7) is 3.08. The lowest BCUT2D eigenvalue weighted by Gasteiger charge is -2.20. The van der Waals surface area contributed by atoms with Crippen LogP contribution in [0.2, 0.25) is 0 Å². The van der Waals surface area contributed by atoms with Crippen LogP contribution in [0.1, 0.15) is 197 Å². The number of rotatable bonds is 43. The number of amides is 2. The molecule has 21 nitrogen and oxygen atoms in total. The predicted molar refractivity (Wildman–Crippen MR) is 288 cm³/mol. The Kier molecular flexibility index (Phi) is 31.7. The summed E-state index contributed by atoms with van der Waals surface area (Å²) in [6.07, 6.45) is 24.9. The zero-order valence-electron chi connectivity index (χ0n) is 44.8. The van der Waals surface area contributed by atoms with Crippen LogP contribution in [-0.2, 0) is 48.8 Å². The van der Waals surface area contributed by atoms with E-state index in [1.54, 1.807) is 19.2 Å². The van der Waals surface area contributed by atoms with Crippen molar-refractivity contribution in [2.45, 2.75) is 199 Å². The number of hydrogen-bond acceptors (Lipinski definition) is 17. The van der Waals surface area contributed by atoms with E-state index < -0.39 is 62.9 Å². The average molecular weight is 1070 g/mol. The van der Waals surface area contributed by atoms with Crippen molar-refractivity contribution < 1.29 is 57.1 Å². The van der Waals surface area contributed by atoms with Crippen LogP contribution in [0.3, 0.4) is 0 Å². The summed E-state index contributed by atoms with van der Waals surface area (Å²) in [7, 11) is -2.94. The Hall–Kier alpha value is -5.50. The summed E-state index contributed by atoms with van der Waals surface area (Å²) in [5.41, 5.74) is 13.6. The molecule has 2 amide bonds. The number of anilines is 3. The second-order valence-electron chi connectivity index (χ2n) is 19.1. The number of carboxylic acid groups (broad SMARTS) is 1. The number of phosphoric ester groups is 1. The normalized spacial score (nSPS) is 12.9. The molecule has 8 N–H and O–H groups in total. The van der Waals surface area contributed by atoms with Crippen LogP contribution in [0.15, 0.2) is 30.5 Å². The summed E-state index contributed by atoms with van der Waals surface area (Å²) in [5, 5.41) is 14.7. The van der Waals surface area contributed by atoms with Gasteiger partial charge in [0.1, 0.15) is 12.6 Å². The third kappa shape index (κ3) is 28.3. The molecule has 0 saturated carbocycles. The smallest absolute Gasteiger partial charge is 0.472 e. The molecule has 3 atom stereocenters. The number of ether oxygens (including phenoxy) is 2. The third-order valence-electron chi connectivity index (χ3n) is 12.5. The van der Waals surface area contributed by atoms with Gasteiger partial charge in [0.2, 0.25) is 11.9 Å². The Morgan fingerprint density at radius 3 is 1.81 bits per heavy atom. The number of unbranched alkanes of at least 4 members (excludes halogenated alkanes) is 20. The molecule has 0 fully saturated rings. The molecule has 2 heterocycles. The van der Waals surface area contributed by atoms with Gasteiger partial charge in [-0.1, -0.05) is 142 Å². The Labute approximate surface area is 443 Å². The maximum atomic E-state index is 13.0. The number of aromatic nitrogens is 4. The summed E-state index contributed by atoms with van der Waals surface area (Å²) in [5.74, 6) is -3.54. The van der Waals surface area contributed by atoms with Crippen LogP contribution in [0.25, 0.3) is 11.2 Å². The number of aliphatic carboxylic acids is 1. The summed E-state index contributed by atoms with van der Waals surface area (Å²) in [4.78, 5) is 92.1. The van der Waals surface area contributed by atoms with Gasteiger partial charge in [-0.25, -0.2) is 19.3 Å². The van der Waals surface area contributed by atoms with Crippen LogP contribution in [-0.4, -0.2) is 105 Å². The first-order valence-corrected chi connectivity index (χ1v) is 28.7. The van der Waals surface area contributed by atoms with E-state index in [4.69, 9.17) is 30.0 Å². The van der Waals surface area contributed by atoms with Crippen molar-refractivity contribution in [1.82, 2.24) is 30.6 Å². The number of nitrogens with zero attached hydrogens (tertiary/aromatic N) is 5. The molecule has 0 spiro atoms. The fraction of sp³-hybridized carbons (Fsp3) is 0.679. The standard InChI is InChI=1S/C53H86N9O12P/c1-4-6-8-10-12-14-16-18-20-22-24-26-46(64)71-38-43(74-47(65)27-25-23-21-19-17-15-13-11-9-7-5-2)39-73-75(69,70)72-35-34-56-45(63)33-32-44(52(67)68)59-51(66)40-28-30-42(31-29-40)62(3)37-41-36-57-50-48(58-41)49(54)60-53(55)61-50/h28-31,36,43-44H,4-27,32-35,37-39H2,1-3H3,(H,56,63)(H,59,66)(H,67,68)(H,69,70)(H4,54,55,57,60,61). The number of carboxylic acids is 1. The number of fused-ring (bicyclic) bond motifs is 1. The van der Waals surface area contributed by atoms with Gasteiger partial charge in [-0.05, 0) is 43.5 Å². The van der Waals surface area contributed by atoms with Crippen LogP contribution in [0, 0.1) is 0 Å². The highest BCUT2D eigenvalue weighted by atomic mass is 31.2. The zero-order chi connectivity index (χ0) is 54.7. The zero-order valence-corrected chi connectivity index (χ0v) is 45.7. The van der Waals surface area contributed by atoms with Gasteiger partial charge < -0.3 is 46.5 Å². The molecular weight excluding hydrogens is 986 g/mol. The predicted octanol–water partition coefficient (Wildman–Crippen LogP) is 9.29. The van der Waals surface area contributed by atoms with Crippen LogP contribution >= 0.6 is 7.82 Å². The van der Waals surface area contributed by atoms with E-state index in [1.165, 1.54) is 108 Å². The molecule has 1 aromatic carbocycles. The van der Waals surface area contributed by atoms with E-state index in [0.717, 1.165) is 38.5 Å². The molecule has 0 bridgehead atoms. The molecule has 2 aromatic heterocycles. The number of nitrogens with one attached hydrogen (secondary N) is 2. The van der Waals surface area contributed by atoms with E-state index in [1.807, 2.05) is 4.90 Å². The molecule has 3 unspecified atom stereocenters. The minimum Gasteiger partial charge on any atom is -0.480 e. The summed E-state index contributed by atoms with van der Waals surface area (Å²) < 4.78 is 33.9. The largest absolute Gasteiger partial charge is 0.480 e. The van der Waals surface area contributed by atoms with Gasteiger partial charge in [0.25, 0.3) is 5.91 Å². The number of phosphoric acid groups is 1. The number of nitrogens with two attached hydrogens (primary N) is 2. The highest BCUT2D eigenvalue weighted by molar-refractivity contribution is 7.47. The highest BCUT2D eigenvalue weighted by Gasteiger charge is 2.27. The molecule has 0 saturated heterocycles. The second kappa shape index (κ2) is 37.3. The second-order valence-corrected chi connectivity index (χ2v) is 20.6. The maximum absolute atomic E-state index is 13.0. The lowest BCUT2D eigenvalue weighted by molar-refractivity contribution is -0.161. The van der Waals surface area contributed by atoms with E-state index in [0.29, 0.717) is 36.3 Å². The van der Waals surface area contributed by atoms with Gasteiger partial charge in [0.05, 0.1) is 31.6 Å². The third-order valence-corrected chi connectivity index (χ3v) is 13.5. The molecular formula is C53H86N9O12P. The summed E-state index contributed by atoms with van der Waals surface area (Å²) >= 11 is 0. The van der Waals surface area contributed by atoms with E-state index in [2.05, 4.69) is 44.4 Å². The number of hydrogen-bond donors (Lipinski definition) is 6. The molecule has 22 heteroatoms. The van der Waals surface area contributed by atoms with Gasteiger partial charge in [0, 0.05) is 44.1 Å². The number of nitrogen functional groups attached to an aromatic ring is 2. The van der Waals surface area contributed by atoms with Crippen LogP contribution < -0.4 is 27.0 Å². The van der Waals surface area contributed by atoms with E-state index >= 15 is 0 Å². The summed E-state index contributed by atoms with van der Waals surface area (Å²) in [6, 6.07) is 5.00. The SMILES string of the molecule is CCCCCCCCCCCCCC(=O)OCC(COP(=O)(O)OCCNC(=O)CCC(NC(=O)c1ccc(N(C)Cc2cnc3nc(N)nc(N)c3n2)cc1)C(=O)O)OC(=O)CCCCCCCCCCCCC. The van der Waals surface area contributed by atoms with Crippen molar-refractivity contribution in [3.8, 4) is 0 Å². The topological polar surface area (TPSA) is 311 Å². The van der Waals surface area contributed by atoms with Crippen LogP contribution in [0.5, 0.6) is 0 Å². The first-order chi connectivity index (χ1) is 36.1. The Bertz CT molecular complexity index is 2210. The van der Waals surface area contributed by atoms with Crippen molar-refractivity contribution in [2.75, 3.05) is 49.8 Å². The lowest BCUT2D eigenvalue weighted by Crippen LogP contribution is -2.41. The number of carbonyl (C=O) groups excluding carboxylic acids is 4. The quantitative estimate of drug-likeness (QED) is 0.0175. The molecule has 75 heavy (non-hydrogen) atoms. The molecule has 420 valence electrons.